The van der Waals surface area contributed by atoms with E-state index in [1.807, 2.05) is 43.1 Å². The second-order valence-corrected chi connectivity index (χ2v) is 4.44. The van der Waals surface area contributed by atoms with Crippen molar-refractivity contribution < 1.29 is 9.47 Å². The fourth-order valence-corrected chi connectivity index (χ4v) is 1.96. The Morgan fingerprint density at radius 2 is 2.00 bits per heavy atom. The molecule has 0 aliphatic rings. The average Bonchev–Trinajstić information content (AvgIpc) is 2.51. The number of aromatic nitrogens is 2. The molecule has 2 N–H and O–H groups in total. The van der Waals surface area contributed by atoms with Gasteiger partial charge in [-0.1, -0.05) is 12.1 Å². The molecule has 21 heavy (non-hydrogen) atoms. The lowest BCUT2D eigenvalue weighted by atomic mass is 10.2. The second kappa shape index (κ2) is 6.90. The molecule has 0 fully saturated rings. The molecule has 0 aliphatic carbocycles. The Balaban J connectivity index is 2.34. The van der Waals surface area contributed by atoms with Crippen LogP contribution in [-0.2, 0) is 11.3 Å². The molecule has 0 aliphatic heterocycles. The van der Waals surface area contributed by atoms with Gasteiger partial charge < -0.3 is 20.1 Å². The largest absolute Gasteiger partial charge is 0.495 e. The first-order chi connectivity index (χ1) is 10.2. The molecule has 0 radical (unpaired) electrons. The number of nitrogen functional groups attached to an aromatic ring is 1. The SMILES string of the molecule is CCOCc1nc(N)cc(N(C)c2ccccc2OC)n1. The Hall–Kier alpha value is -2.34. The summed E-state index contributed by atoms with van der Waals surface area (Å²) in [6.45, 7) is 2.87. The van der Waals surface area contributed by atoms with Crippen LogP contribution in [0.4, 0.5) is 17.3 Å². The van der Waals surface area contributed by atoms with E-state index in [0.29, 0.717) is 30.7 Å². The molecule has 0 spiro atoms. The molecule has 6 heteroatoms. The third kappa shape index (κ3) is 3.61. The maximum atomic E-state index is 5.85. The number of methoxy groups -OCH3 is 1. The van der Waals surface area contributed by atoms with Crippen LogP contribution in [0.2, 0.25) is 0 Å². The van der Waals surface area contributed by atoms with Gasteiger partial charge in [0.05, 0.1) is 12.8 Å². The second-order valence-electron chi connectivity index (χ2n) is 4.44. The van der Waals surface area contributed by atoms with Gasteiger partial charge in [-0.15, -0.1) is 0 Å². The normalized spacial score (nSPS) is 10.4. The highest BCUT2D eigenvalue weighted by molar-refractivity contribution is 5.67. The van der Waals surface area contributed by atoms with Crippen LogP contribution >= 0.6 is 0 Å². The lowest BCUT2D eigenvalue weighted by molar-refractivity contribution is 0.128. The van der Waals surface area contributed by atoms with Crippen molar-refractivity contribution in [2.24, 2.45) is 0 Å². The van der Waals surface area contributed by atoms with Gasteiger partial charge in [-0.25, -0.2) is 9.97 Å². The van der Waals surface area contributed by atoms with Crippen LogP contribution in [-0.4, -0.2) is 30.7 Å². The average molecular weight is 288 g/mol. The predicted octanol–water partition coefficient (Wildman–Crippen LogP) is 2.37. The summed E-state index contributed by atoms with van der Waals surface area (Å²) in [5, 5.41) is 0. The van der Waals surface area contributed by atoms with Gasteiger partial charge >= 0.3 is 0 Å². The van der Waals surface area contributed by atoms with Gasteiger partial charge in [-0.3, -0.25) is 0 Å². The van der Waals surface area contributed by atoms with Crippen LogP contribution in [0, 0.1) is 0 Å². The van der Waals surface area contributed by atoms with Crippen LogP contribution in [0.5, 0.6) is 5.75 Å². The number of hydrogen-bond donors (Lipinski definition) is 1. The monoisotopic (exact) mass is 288 g/mol. The van der Waals surface area contributed by atoms with E-state index in [1.165, 1.54) is 0 Å². The van der Waals surface area contributed by atoms with Gasteiger partial charge in [0.2, 0.25) is 0 Å². The van der Waals surface area contributed by atoms with E-state index in [0.717, 1.165) is 11.4 Å². The summed E-state index contributed by atoms with van der Waals surface area (Å²) in [6.07, 6.45) is 0. The Morgan fingerprint density at radius 3 is 2.71 bits per heavy atom. The van der Waals surface area contributed by atoms with E-state index in [4.69, 9.17) is 15.2 Å². The number of benzene rings is 1. The Bertz CT molecular complexity index is 604. The maximum Gasteiger partial charge on any atom is 0.158 e. The van der Waals surface area contributed by atoms with Crippen molar-refractivity contribution >= 4 is 17.3 Å². The Labute approximate surface area is 124 Å². The first kappa shape index (κ1) is 15.1. The van der Waals surface area contributed by atoms with E-state index in [2.05, 4.69) is 9.97 Å². The minimum Gasteiger partial charge on any atom is -0.495 e. The van der Waals surface area contributed by atoms with Crippen LogP contribution in [0.25, 0.3) is 0 Å². The van der Waals surface area contributed by atoms with E-state index >= 15 is 0 Å². The van der Waals surface area contributed by atoms with Gasteiger partial charge in [0, 0.05) is 19.7 Å². The van der Waals surface area contributed by atoms with Crippen molar-refractivity contribution in [3.63, 3.8) is 0 Å². The van der Waals surface area contributed by atoms with Crippen molar-refractivity contribution in [2.75, 3.05) is 31.4 Å². The number of anilines is 3. The maximum absolute atomic E-state index is 5.85. The van der Waals surface area contributed by atoms with Crippen LogP contribution in [0.1, 0.15) is 12.7 Å². The molecule has 0 bridgehead atoms. The zero-order valence-electron chi connectivity index (χ0n) is 12.5. The number of para-hydroxylation sites is 2. The molecule has 2 rings (SSSR count). The summed E-state index contributed by atoms with van der Waals surface area (Å²) in [6, 6.07) is 9.45. The Morgan fingerprint density at radius 1 is 1.24 bits per heavy atom. The molecule has 0 unspecified atom stereocenters. The van der Waals surface area contributed by atoms with Crippen molar-refractivity contribution in [1.29, 1.82) is 0 Å². The van der Waals surface area contributed by atoms with Gasteiger partial charge in [0.25, 0.3) is 0 Å². The number of nitrogens with two attached hydrogens (primary N) is 1. The third-order valence-electron chi connectivity index (χ3n) is 3.00. The first-order valence-electron chi connectivity index (χ1n) is 6.73. The smallest absolute Gasteiger partial charge is 0.158 e. The highest BCUT2D eigenvalue weighted by atomic mass is 16.5. The molecule has 1 aromatic carbocycles. The van der Waals surface area contributed by atoms with E-state index in [1.54, 1.807) is 13.2 Å². The van der Waals surface area contributed by atoms with E-state index in [9.17, 15) is 0 Å². The molecule has 0 saturated heterocycles. The number of ether oxygens (including phenoxy) is 2. The van der Waals surface area contributed by atoms with E-state index < -0.39 is 0 Å². The lowest BCUT2D eigenvalue weighted by Crippen LogP contribution is -2.15. The van der Waals surface area contributed by atoms with Crippen LogP contribution < -0.4 is 15.4 Å². The zero-order chi connectivity index (χ0) is 15.2. The minimum absolute atomic E-state index is 0.342. The summed E-state index contributed by atoms with van der Waals surface area (Å²) >= 11 is 0. The highest BCUT2D eigenvalue weighted by Crippen LogP contribution is 2.31. The molecule has 2 aromatic rings. The molecule has 0 saturated carbocycles. The molecule has 1 heterocycles. The molecular formula is C15H20N4O2. The van der Waals surface area contributed by atoms with E-state index in [-0.39, 0.29) is 0 Å². The van der Waals surface area contributed by atoms with Gasteiger partial charge in [0.1, 0.15) is 24.0 Å². The third-order valence-corrected chi connectivity index (χ3v) is 3.00. The Kier molecular flexibility index (Phi) is 4.94. The molecule has 112 valence electrons. The molecule has 6 nitrogen and oxygen atoms in total. The number of rotatable bonds is 6. The predicted molar refractivity (Wildman–Crippen MR) is 82.8 cm³/mol. The number of nitrogens with zero attached hydrogens (tertiary/aromatic N) is 3. The summed E-state index contributed by atoms with van der Waals surface area (Å²) < 4.78 is 10.7. The molecule has 1 aromatic heterocycles. The number of hydrogen-bond acceptors (Lipinski definition) is 6. The lowest BCUT2D eigenvalue weighted by Gasteiger charge is -2.21. The fraction of sp³-hybridized carbons (Fsp3) is 0.333. The van der Waals surface area contributed by atoms with Crippen molar-refractivity contribution in [1.82, 2.24) is 9.97 Å². The molecule has 0 amide bonds. The zero-order valence-corrected chi connectivity index (χ0v) is 12.5. The summed E-state index contributed by atoms with van der Waals surface area (Å²) in [5.41, 5.74) is 6.76. The van der Waals surface area contributed by atoms with Crippen LogP contribution in [0.3, 0.4) is 0 Å². The minimum atomic E-state index is 0.342. The van der Waals surface area contributed by atoms with Gasteiger partial charge in [0.15, 0.2) is 5.82 Å². The summed E-state index contributed by atoms with van der Waals surface area (Å²) in [7, 11) is 3.55. The van der Waals surface area contributed by atoms with Crippen molar-refractivity contribution in [2.45, 2.75) is 13.5 Å². The highest BCUT2D eigenvalue weighted by Gasteiger charge is 2.12. The fourth-order valence-electron chi connectivity index (χ4n) is 1.96. The molecule has 0 atom stereocenters. The van der Waals surface area contributed by atoms with Crippen LogP contribution in [0.15, 0.2) is 30.3 Å². The van der Waals surface area contributed by atoms with Gasteiger partial charge in [-0.2, -0.15) is 0 Å². The first-order valence-corrected chi connectivity index (χ1v) is 6.73. The standard InChI is InChI=1S/C15H20N4O2/c1-4-21-10-14-17-13(16)9-15(18-14)19(2)11-7-5-6-8-12(11)20-3/h5-9H,4,10H2,1-3H3,(H2,16,17,18). The van der Waals surface area contributed by atoms with Gasteiger partial charge in [-0.05, 0) is 19.1 Å². The van der Waals surface area contributed by atoms with Crippen molar-refractivity contribution in [3.05, 3.63) is 36.2 Å². The van der Waals surface area contributed by atoms with Crippen molar-refractivity contribution in [3.8, 4) is 5.75 Å². The molecular weight excluding hydrogens is 268 g/mol. The topological polar surface area (TPSA) is 73.5 Å². The quantitative estimate of drug-likeness (QED) is 0.879. The summed E-state index contributed by atoms with van der Waals surface area (Å²) in [5.74, 6) is 2.44. The summed E-state index contributed by atoms with van der Waals surface area (Å²) in [4.78, 5) is 10.6.